The number of benzene rings is 1. The second-order valence-electron chi connectivity index (χ2n) is 4.70. The number of nitrogens with zero attached hydrogens (tertiary/aromatic N) is 3. The number of aryl methyl sites for hydroxylation is 1. The van der Waals surface area contributed by atoms with Gasteiger partial charge < -0.3 is 9.32 Å². The Balaban J connectivity index is 1.80. The van der Waals surface area contributed by atoms with Crippen molar-refractivity contribution in [2.24, 2.45) is 0 Å². The summed E-state index contributed by atoms with van der Waals surface area (Å²) < 4.78 is 5.35. The van der Waals surface area contributed by atoms with Gasteiger partial charge in [-0.05, 0) is 37.1 Å². The highest BCUT2D eigenvalue weighted by atomic mass is 16.4. The smallest absolute Gasteiger partial charge is 0.253 e. The van der Waals surface area contributed by atoms with Crippen LogP contribution in [0.4, 0.5) is 0 Å². The SMILES string of the molecule is Cc1nnc(-c2ccc(C(=O)N3CCCC3)cc2)o1. The zero-order chi connectivity index (χ0) is 13.2. The Bertz CT molecular complexity index is 583. The van der Waals surface area contributed by atoms with Gasteiger partial charge in [-0.3, -0.25) is 4.79 Å². The molecule has 0 saturated carbocycles. The van der Waals surface area contributed by atoms with Crippen LogP contribution in [0, 0.1) is 6.92 Å². The predicted octanol–water partition coefficient (Wildman–Crippen LogP) is 2.28. The highest BCUT2D eigenvalue weighted by molar-refractivity contribution is 5.94. The first kappa shape index (κ1) is 11.9. The van der Waals surface area contributed by atoms with Crippen molar-refractivity contribution in [3.8, 4) is 11.5 Å². The van der Waals surface area contributed by atoms with Gasteiger partial charge in [0.2, 0.25) is 11.8 Å². The monoisotopic (exact) mass is 257 g/mol. The Morgan fingerprint density at radius 1 is 1.16 bits per heavy atom. The highest BCUT2D eigenvalue weighted by Crippen LogP contribution is 2.19. The lowest BCUT2D eigenvalue weighted by Gasteiger charge is -2.14. The van der Waals surface area contributed by atoms with Crippen LogP contribution >= 0.6 is 0 Å². The van der Waals surface area contributed by atoms with Crippen LogP contribution < -0.4 is 0 Å². The molecule has 1 amide bonds. The summed E-state index contributed by atoms with van der Waals surface area (Å²) in [6.45, 7) is 3.48. The molecule has 1 aliphatic rings. The lowest BCUT2D eigenvalue weighted by Crippen LogP contribution is -2.27. The Morgan fingerprint density at radius 2 is 1.84 bits per heavy atom. The molecule has 1 aromatic carbocycles. The summed E-state index contributed by atoms with van der Waals surface area (Å²) in [6.07, 6.45) is 2.20. The fraction of sp³-hybridized carbons (Fsp3) is 0.357. The molecule has 19 heavy (non-hydrogen) atoms. The maximum absolute atomic E-state index is 12.2. The first-order chi connectivity index (χ1) is 9.24. The second kappa shape index (κ2) is 4.84. The van der Waals surface area contributed by atoms with Crippen molar-refractivity contribution in [1.29, 1.82) is 0 Å². The Hall–Kier alpha value is -2.17. The summed E-state index contributed by atoms with van der Waals surface area (Å²) in [6, 6.07) is 7.32. The normalized spacial score (nSPS) is 14.9. The van der Waals surface area contributed by atoms with Crippen LogP contribution in [0.3, 0.4) is 0 Å². The quantitative estimate of drug-likeness (QED) is 0.828. The van der Waals surface area contributed by atoms with Gasteiger partial charge in [0.1, 0.15) is 0 Å². The van der Waals surface area contributed by atoms with Gasteiger partial charge in [0.15, 0.2) is 0 Å². The summed E-state index contributed by atoms with van der Waals surface area (Å²) >= 11 is 0. The van der Waals surface area contributed by atoms with Crippen molar-refractivity contribution in [2.75, 3.05) is 13.1 Å². The van der Waals surface area contributed by atoms with Crippen LogP contribution in [0.2, 0.25) is 0 Å². The Morgan fingerprint density at radius 3 is 2.42 bits per heavy atom. The van der Waals surface area contributed by atoms with E-state index in [-0.39, 0.29) is 5.91 Å². The molecular weight excluding hydrogens is 242 g/mol. The first-order valence-corrected chi connectivity index (χ1v) is 6.44. The van der Waals surface area contributed by atoms with Crippen LogP contribution in [0.25, 0.3) is 11.5 Å². The van der Waals surface area contributed by atoms with Crippen LogP contribution in [0.1, 0.15) is 29.1 Å². The number of rotatable bonds is 2. The van der Waals surface area contributed by atoms with E-state index in [0.717, 1.165) is 31.5 Å². The second-order valence-corrected chi connectivity index (χ2v) is 4.70. The zero-order valence-electron chi connectivity index (χ0n) is 10.8. The molecule has 0 spiro atoms. The third-order valence-electron chi connectivity index (χ3n) is 3.30. The molecule has 1 aliphatic heterocycles. The zero-order valence-corrected chi connectivity index (χ0v) is 10.8. The number of aromatic nitrogens is 2. The van der Waals surface area contributed by atoms with Crippen LogP contribution in [-0.2, 0) is 0 Å². The average Bonchev–Trinajstić information content (AvgIpc) is 3.09. The van der Waals surface area contributed by atoms with Crippen molar-refractivity contribution in [3.05, 3.63) is 35.7 Å². The van der Waals surface area contributed by atoms with E-state index in [1.165, 1.54) is 0 Å². The number of hydrogen-bond donors (Lipinski definition) is 0. The van der Waals surface area contributed by atoms with E-state index < -0.39 is 0 Å². The first-order valence-electron chi connectivity index (χ1n) is 6.44. The maximum Gasteiger partial charge on any atom is 0.253 e. The molecule has 2 heterocycles. The molecule has 0 unspecified atom stereocenters. The molecule has 0 bridgehead atoms. The molecule has 0 atom stereocenters. The van der Waals surface area contributed by atoms with Crippen molar-refractivity contribution < 1.29 is 9.21 Å². The summed E-state index contributed by atoms with van der Waals surface area (Å²) in [5.41, 5.74) is 1.54. The van der Waals surface area contributed by atoms with Crippen LogP contribution in [0.15, 0.2) is 28.7 Å². The lowest BCUT2D eigenvalue weighted by molar-refractivity contribution is 0.0793. The van der Waals surface area contributed by atoms with E-state index in [1.54, 1.807) is 6.92 Å². The van der Waals surface area contributed by atoms with Gasteiger partial charge >= 0.3 is 0 Å². The maximum atomic E-state index is 12.2. The van der Waals surface area contributed by atoms with Gasteiger partial charge in [-0.25, -0.2) is 0 Å². The molecule has 5 nitrogen and oxygen atoms in total. The van der Waals surface area contributed by atoms with Gasteiger partial charge in [0, 0.05) is 31.1 Å². The Labute approximate surface area is 111 Å². The summed E-state index contributed by atoms with van der Waals surface area (Å²) in [7, 11) is 0. The standard InChI is InChI=1S/C14H15N3O2/c1-10-15-16-13(19-10)11-4-6-12(7-5-11)14(18)17-8-2-3-9-17/h4-7H,2-3,8-9H2,1H3. The van der Waals surface area contributed by atoms with Gasteiger partial charge in [-0.15, -0.1) is 10.2 Å². The van der Waals surface area contributed by atoms with Crippen molar-refractivity contribution in [1.82, 2.24) is 15.1 Å². The highest BCUT2D eigenvalue weighted by Gasteiger charge is 2.19. The molecule has 1 saturated heterocycles. The third-order valence-corrected chi connectivity index (χ3v) is 3.30. The third kappa shape index (κ3) is 2.36. The number of likely N-dealkylation sites (tertiary alicyclic amines) is 1. The number of amides is 1. The summed E-state index contributed by atoms with van der Waals surface area (Å²) in [5, 5.41) is 7.75. The van der Waals surface area contributed by atoms with Gasteiger partial charge in [-0.2, -0.15) is 0 Å². The molecular formula is C14H15N3O2. The molecule has 0 radical (unpaired) electrons. The largest absolute Gasteiger partial charge is 0.421 e. The van der Waals surface area contributed by atoms with Gasteiger partial charge in [0.05, 0.1) is 0 Å². The number of hydrogen-bond acceptors (Lipinski definition) is 4. The Kier molecular flexibility index (Phi) is 3.03. The number of carbonyl (C=O) groups is 1. The van der Waals surface area contributed by atoms with Gasteiger partial charge in [0.25, 0.3) is 5.91 Å². The minimum absolute atomic E-state index is 0.103. The van der Waals surface area contributed by atoms with Crippen molar-refractivity contribution >= 4 is 5.91 Å². The average molecular weight is 257 g/mol. The molecule has 2 aromatic rings. The van der Waals surface area contributed by atoms with E-state index in [2.05, 4.69) is 10.2 Å². The van der Waals surface area contributed by atoms with E-state index in [0.29, 0.717) is 17.3 Å². The van der Waals surface area contributed by atoms with Crippen molar-refractivity contribution in [2.45, 2.75) is 19.8 Å². The van der Waals surface area contributed by atoms with E-state index >= 15 is 0 Å². The molecule has 98 valence electrons. The minimum Gasteiger partial charge on any atom is -0.421 e. The molecule has 0 N–H and O–H groups in total. The number of carbonyl (C=O) groups excluding carboxylic acids is 1. The predicted molar refractivity (Wildman–Crippen MR) is 69.6 cm³/mol. The fourth-order valence-electron chi connectivity index (χ4n) is 2.27. The van der Waals surface area contributed by atoms with Gasteiger partial charge in [-0.1, -0.05) is 0 Å². The minimum atomic E-state index is 0.103. The molecule has 1 aromatic heterocycles. The van der Waals surface area contributed by atoms with E-state index in [9.17, 15) is 4.79 Å². The van der Waals surface area contributed by atoms with Crippen LogP contribution in [0.5, 0.6) is 0 Å². The fourth-order valence-corrected chi connectivity index (χ4v) is 2.27. The summed E-state index contributed by atoms with van der Waals surface area (Å²) in [4.78, 5) is 14.1. The summed E-state index contributed by atoms with van der Waals surface area (Å²) in [5.74, 6) is 1.12. The lowest BCUT2D eigenvalue weighted by atomic mass is 10.1. The molecule has 1 fully saturated rings. The molecule has 3 rings (SSSR count). The van der Waals surface area contributed by atoms with E-state index in [1.807, 2.05) is 29.2 Å². The van der Waals surface area contributed by atoms with E-state index in [4.69, 9.17) is 4.42 Å². The van der Waals surface area contributed by atoms with Crippen molar-refractivity contribution in [3.63, 3.8) is 0 Å². The molecule has 5 heteroatoms. The van der Waals surface area contributed by atoms with Crippen LogP contribution in [-0.4, -0.2) is 34.1 Å². The molecule has 0 aliphatic carbocycles. The topological polar surface area (TPSA) is 59.2 Å².